The zero-order chi connectivity index (χ0) is 12.6. The molecular weight excluding hydrogens is 221 g/mol. The monoisotopic (exact) mass is 237 g/mol. The highest BCUT2D eigenvalue weighted by molar-refractivity contribution is 5.88. The first kappa shape index (κ1) is 11.9. The molecule has 0 amide bonds. The summed E-state index contributed by atoms with van der Waals surface area (Å²) in [4.78, 5) is 12.7. The highest BCUT2D eigenvalue weighted by Gasteiger charge is 2.30. The number of rotatable bonds is 2. The van der Waals surface area contributed by atoms with Crippen LogP contribution >= 0.6 is 0 Å². The fraction of sp³-hybridized carbons (Fsp3) is 0.462. The van der Waals surface area contributed by atoms with Gasteiger partial charge in [0.05, 0.1) is 11.3 Å². The summed E-state index contributed by atoms with van der Waals surface area (Å²) < 4.78 is 13.8. The summed E-state index contributed by atoms with van der Waals surface area (Å²) in [5, 5.41) is 8.77. The predicted octanol–water partition coefficient (Wildman–Crippen LogP) is 2.76. The van der Waals surface area contributed by atoms with Crippen LogP contribution in [0.2, 0.25) is 0 Å². The van der Waals surface area contributed by atoms with Crippen molar-refractivity contribution in [2.45, 2.75) is 20.3 Å². The van der Waals surface area contributed by atoms with Gasteiger partial charge in [-0.15, -0.1) is 0 Å². The topological polar surface area (TPSA) is 40.5 Å². The molecule has 1 aliphatic rings. The Labute approximate surface area is 99.9 Å². The molecule has 1 aromatic rings. The summed E-state index contributed by atoms with van der Waals surface area (Å²) in [6.45, 7) is 5.92. The van der Waals surface area contributed by atoms with Gasteiger partial charge in [0.2, 0.25) is 0 Å². The van der Waals surface area contributed by atoms with Gasteiger partial charge in [-0.25, -0.2) is 9.18 Å². The van der Waals surface area contributed by atoms with Crippen LogP contribution in [-0.2, 0) is 0 Å². The summed E-state index contributed by atoms with van der Waals surface area (Å²) in [5.74, 6) is -1.56. The third kappa shape index (κ3) is 2.40. The van der Waals surface area contributed by atoms with Gasteiger partial charge in [-0.2, -0.15) is 0 Å². The van der Waals surface area contributed by atoms with Crippen LogP contribution in [0.5, 0.6) is 0 Å². The van der Waals surface area contributed by atoms with Crippen molar-refractivity contribution in [1.82, 2.24) is 0 Å². The van der Waals surface area contributed by atoms with E-state index in [4.69, 9.17) is 5.11 Å². The molecule has 0 unspecified atom stereocenters. The molecule has 2 rings (SSSR count). The molecule has 0 saturated carbocycles. The summed E-state index contributed by atoms with van der Waals surface area (Å²) in [5.41, 5.74) is 0.683. The number of benzene rings is 1. The molecule has 0 bridgehead atoms. The average molecular weight is 237 g/mol. The first-order valence-electron chi connectivity index (χ1n) is 5.67. The van der Waals surface area contributed by atoms with E-state index >= 15 is 0 Å². The second-order valence-electron chi connectivity index (χ2n) is 5.31. The molecule has 4 heteroatoms. The van der Waals surface area contributed by atoms with Crippen LogP contribution in [0.15, 0.2) is 18.2 Å². The number of hydrogen-bond donors (Lipinski definition) is 1. The largest absolute Gasteiger partial charge is 0.478 e. The molecule has 0 aromatic heterocycles. The van der Waals surface area contributed by atoms with E-state index in [2.05, 4.69) is 13.8 Å². The molecule has 0 radical (unpaired) electrons. The molecule has 0 aliphatic carbocycles. The van der Waals surface area contributed by atoms with E-state index in [-0.39, 0.29) is 11.0 Å². The number of carbonyl (C=O) groups is 1. The smallest absolute Gasteiger partial charge is 0.335 e. The zero-order valence-electron chi connectivity index (χ0n) is 10.0. The van der Waals surface area contributed by atoms with Gasteiger partial charge in [-0.1, -0.05) is 13.8 Å². The Kier molecular flexibility index (Phi) is 2.81. The Balaban J connectivity index is 2.26. The number of halogens is 1. The van der Waals surface area contributed by atoms with E-state index < -0.39 is 11.8 Å². The minimum absolute atomic E-state index is 0.00953. The van der Waals surface area contributed by atoms with E-state index in [0.717, 1.165) is 25.6 Å². The molecule has 1 aromatic carbocycles. The SMILES string of the molecule is CC1(C)CCN(c2ccc(C(=O)O)cc2F)C1. The lowest BCUT2D eigenvalue weighted by molar-refractivity contribution is 0.0696. The van der Waals surface area contributed by atoms with Crippen molar-refractivity contribution in [3.63, 3.8) is 0 Å². The molecule has 1 heterocycles. The highest BCUT2D eigenvalue weighted by atomic mass is 19.1. The van der Waals surface area contributed by atoms with Crippen LogP contribution in [0.1, 0.15) is 30.6 Å². The van der Waals surface area contributed by atoms with Crippen LogP contribution < -0.4 is 4.90 Å². The molecule has 3 nitrogen and oxygen atoms in total. The van der Waals surface area contributed by atoms with Crippen molar-refractivity contribution in [2.75, 3.05) is 18.0 Å². The fourth-order valence-electron chi connectivity index (χ4n) is 2.21. The van der Waals surface area contributed by atoms with Gasteiger partial charge in [-0.05, 0) is 30.0 Å². The van der Waals surface area contributed by atoms with Gasteiger partial charge in [-0.3, -0.25) is 0 Å². The Morgan fingerprint density at radius 3 is 2.65 bits per heavy atom. The maximum absolute atomic E-state index is 13.8. The van der Waals surface area contributed by atoms with Crippen molar-refractivity contribution >= 4 is 11.7 Å². The van der Waals surface area contributed by atoms with Gasteiger partial charge in [0.15, 0.2) is 0 Å². The Morgan fingerprint density at radius 2 is 2.18 bits per heavy atom. The van der Waals surface area contributed by atoms with Crippen molar-refractivity contribution in [2.24, 2.45) is 5.41 Å². The van der Waals surface area contributed by atoms with Crippen LogP contribution in [0.4, 0.5) is 10.1 Å². The zero-order valence-corrected chi connectivity index (χ0v) is 10.0. The third-order valence-corrected chi connectivity index (χ3v) is 3.21. The Morgan fingerprint density at radius 1 is 1.47 bits per heavy atom. The number of nitrogens with zero attached hydrogens (tertiary/aromatic N) is 1. The van der Waals surface area contributed by atoms with Crippen LogP contribution in [-0.4, -0.2) is 24.2 Å². The van der Waals surface area contributed by atoms with Crippen LogP contribution in [0.25, 0.3) is 0 Å². The second-order valence-corrected chi connectivity index (χ2v) is 5.31. The number of hydrogen-bond acceptors (Lipinski definition) is 2. The van der Waals surface area contributed by atoms with Crippen LogP contribution in [0, 0.1) is 11.2 Å². The van der Waals surface area contributed by atoms with Crippen molar-refractivity contribution < 1.29 is 14.3 Å². The van der Waals surface area contributed by atoms with Gasteiger partial charge in [0.25, 0.3) is 0 Å². The van der Waals surface area contributed by atoms with E-state index in [1.165, 1.54) is 6.07 Å². The fourth-order valence-corrected chi connectivity index (χ4v) is 2.21. The Bertz CT molecular complexity index is 457. The summed E-state index contributed by atoms with van der Waals surface area (Å²) in [6.07, 6.45) is 1.02. The first-order valence-corrected chi connectivity index (χ1v) is 5.67. The number of anilines is 1. The van der Waals surface area contributed by atoms with E-state index in [1.807, 2.05) is 4.90 Å². The molecule has 0 atom stereocenters. The van der Waals surface area contributed by atoms with E-state index in [1.54, 1.807) is 6.07 Å². The second kappa shape index (κ2) is 4.02. The quantitative estimate of drug-likeness (QED) is 0.859. The van der Waals surface area contributed by atoms with Crippen molar-refractivity contribution in [3.8, 4) is 0 Å². The normalized spacial score (nSPS) is 18.4. The molecule has 1 fully saturated rings. The van der Waals surface area contributed by atoms with Crippen molar-refractivity contribution in [3.05, 3.63) is 29.6 Å². The maximum atomic E-state index is 13.8. The Hall–Kier alpha value is -1.58. The predicted molar refractivity (Wildman–Crippen MR) is 64.0 cm³/mol. The number of carboxylic acids is 1. The molecule has 92 valence electrons. The van der Waals surface area contributed by atoms with Gasteiger partial charge >= 0.3 is 5.97 Å². The number of carboxylic acid groups (broad SMARTS) is 1. The van der Waals surface area contributed by atoms with Gasteiger partial charge < -0.3 is 10.0 Å². The minimum atomic E-state index is -1.10. The molecule has 0 spiro atoms. The molecule has 17 heavy (non-hydrogen) atoms. The minimum Gasteiger partial charge on any atom is -0.478 e. The third-order valence-electron chi connectivity index (χ3n) is 3.21. The lowest BCUT2D eigenvalue weighted by Gasteiger charge is -2.22. The van der Waals surface area contributed by atoms with E-state index in [0.29, 0.717) is 5.69 Å². The molecule has 1 N–H and O–H groups in total. The maximum Gasteiger partial charge on any atom is 0.335 e. The molecule has 1 aliphatic heterocycles. The number of aromatic carboxylic acids is 1. The van der Waals surface area contributed by atoms with Gasteiger partial charge in [0, 0.05) is 13.1 Å². The first-order chi connectivity index (χ1) is 7.89. The van der Waals surface area contributed by atoms with Gasteiger partial charge in [0.1, 0.15) is 5.82 Å². The molecular formula is C13H16FNO2. The lowest BCUT2D eigenvalue weighted by Crippen LogP contribution is -2.23. The summed E-state index contributed by atoms with van der Waals surface area (Å²) in [7, 11) is 0. The summed E-state index contributed by atoms with van der Waals surface area (Å²) in [6, 6.07) is 4.09. The summed E-state index contributed by atoms with van der Waals surface area (Å²) >= 11 is 0. The molecule has 1 saturated heterocycles. The van der Waals surface area contributed by atoms with E-state index in [9.17, 15) is 9.18 Å². The highest BCUT2D eigenvalue weighted by Crippen LogP contribution is 2.33. The average Bonchev–Trinajstić information content (AvgIpc) is 2.58. The lowest BCUT2D eigenvalue weighted by atomic mass is 9.93. The van der Waals surface area contributed by atoms with Crippen LogP contribution in [0.3, 0.4) is 0 Å². The standard InChI is InChI=1S/C13H16FNO2/c1-13(2)5-6-15(8-13)11-4-3-9(12(16)17)7-10(11)14/h3-4,7H,5-6,8H2,1-2H3,(H,16,17). The van der Waals surface area contributed by atoms with Crippen molar-refractivity contribution in [1.29, 1.82) is 0 Å².